The van der Waals surface area contributed by atoms with Crippen molar-refractivity contribution in [2.75, 3.05) is 13.1 Å². The molecule has 1 aliphatic rings. The first-order chi connectivity index (χ1) is 14.0. The second kappa shape index (κ2) is 7.91. The van der Waals surface area contributed by atoms with Gasteiger partial charge in [0.05, 0.1) is 0 Å². The lowest BCUT2D eigenvalue weighted by Crippen LogP contribution is -2.49. The van der Waals surface area contributed by atoms with Crippen molar-refractivity contribution in [2.45, 2.75) is 25.8 Å². The summed E-state index contributed by atoms with van der Waals surface area (Å²) in [6, 6.07) is 15.1. The number of carbonyl (C=O) groups is 2. The van der Waals surface area contributed by atoms with Gasteiger partial charge in [-0.2, -0.15) is 0 Å². The monoisotopic (exact) mass is 389 g/mol. The summed E-state index contributed by atoms with van der Waals surface area (Å²) >= 11 is 0. The molecule has 0 aliphatic carbocycles. The van der Waals surface area contributed by atoms with E-state index in [4.69, 9.17) is 0 Å². The summed E-state index contributed by atoms with van der Waals surface area (Å²) < 4.78 is 0. The van der Waals surface area contributed by atoms with Crippen LogP contribution in [0.15, 0.2) is 59.5 Å². The van der Waals surface area contributed by atoms with Crippen molar-refractivity contribution in [3.05, 3.63) is 70.6 Å². The third kappa shape index (κ3) is 4.06. The summed E-state index contributed by atoms with van der Waals surface area (Å²) in [4.78, 5) is 40.8. The molecule has 2 N–H and O–H groups in total. The third-order valence-electron chi connectivity index (χ3n) is 5.33. The lowest BCUT2D eigenvalue weighted by atomic mass is 9.99. The maximum Gasteiger partial charge on any atom is 0.255 e. The first kappa shape index (κ1) is 18.9. The van der Waals surface area contributed by atoms with Gasteiger partial charge in [0.25, 0.3) is 11.5 Å². The molecule has 1 fully saturated rings. The van der Waals surface area contributed by atoms with Gasteiger partial charge in [-0.05, 0) is 59.7 Å². The van der Waals surface area contributed by atoms with Gasteiger partial charge < -0.3 is 15.2 Å². The number of H-pyrrole nitrogens is 1. The van der Waals surface area contributed by atoms with Gasteiger partial charge in [-0.3, -0.25) is 14.4 Å². The number of aromatic amines is 1. The maximum absolute atomic E-state index is 13.0. The maximum atomic E-state index is 13.0. The van der Waals surface area contributed by atoms with Crippen molar-refractivity contribution in [2.24, 2.45) is 0 Å². The lowest BCUT2D eigenvalue weighted by Gasteiger charge is -2.33. The molecule has 3 aromatic rings. The second-order valence-corrected chi connectivity index (χ2v) is 7.48. The molecular weight excluding hydrogens is 366 g/mol. The number of carbonyl (C=O) groups excluding carboxylic acids is 2. The van der Waals surface area contributed by atoms with Gasteiger partial charge >= 0.3 is 0 Å². The number of likely N-dealkylation sites (tertiary alicyclic amines) is 1. The van der Waals surface area contributed by atoms with E-state index >= 15 is 0 Å². The van der Waals surface area contributed by atoms with Crippen LogP contribution in [0, 0.1) is 0 Å². The first-order valence-corrected chi connectivity index (χ1v) is 9.79. The van der Waals surface area contributed by atoms with E-state index in [-0.39, 0.29) is 23.4 Å². The van der Waals surface area contributed by atoms with Gasteiger partial charge in [0, 0.05) is 43.2 Å². The molecule has 0 radical (unpaired) electrons. The molecule has 2 aromatic carbocycles. The van der Waals surface area contributed by atoms with E-state index in [9.17, 15) is 14.4 Å². The van der Waals surface area contributed by atoms with Crippen LogP contribution in [0.3, 0.4) is 0 Å². The van der Waals surface area contributed by atoms with Crippen molar-refractivity contribution >= 4 is 22.6 Å². The van der Waals surface area contributed by atoms with Gasteiger partial charge in [0.1, 0.15) is 0 Å². The number of hydrogen-bond donors (Lipinski definition) is 2. The molecule has 6 nitrogen and oxygen atoms in total. The van der Waals surface area contributed by atoms with Crippen molar-refractivity contribution in [1.29, 1.82) is 0 Å². The fourth-order valence-corrected chi connectivity index (χ4v) is 3.95. The molecule has 0 bridgehead atoms. The van der Waals surface area contributed by atoms with Crippen LogP contribution in [0.1, 0.15) is 30.1 Å². The number of amides is 2. The Kier molecular flexibility index (Phi) is 5.16. The number of hydrogen-bond acceptors (Lipinski definition) is 3. The molecule has 6 heteroatoms. The van der Waals surface area contributed by atoms with E-state index in [1.54, 1.807) is 12.3 Å². The summed E-state index contributed by atoms with van der Waals surface area (Å²) in [6.45, 7) is 2.72. The molecule has 0 spiro atoms. The smallest absolute Gasteiger partial charge is 0.255 e. The summed E-state index contributed by atoms with van der Waals surface area (Å²) in [5, 5.41) is 4.41. The highest BCUT2D eigenvalue weighted by Gasteiger charge is 2.25. The Hall–Kier alpha value is -3.41. The fourth-order valence-electron chi connectivity index (χ4n) is 3.95. The van der Waals surface area contributed by atoms with Crippen molar-refractivity contribution in [1.82, 2.24) is 15.2 Å². The lowest BCUT2D eigenvalue weighted by molar-refractivity contribution is -0.120. The summed E-state index contributed by atoms with van der Waals surface area (Å²) in [5.74, 6) is -0.0967. The third-order valence-corrected chi connectivity index (χ3v) is 5.33. The van der Waals surface area contributed by atoms with Crippen LogP contribution in [-0.4, -0.2) is 40.8 Å². The normalized spacial score (nSPS) is 16.6. The average Bonchev–Trinajstić information content (AvgIpc) is 2.73. The van der Waals surface area contributed by atoms with Crippen molar-refractivity contribution < 1.29 is 9.59 Å². The highest BCUT2D eigenvalue weighted by molar-refractivity contribution is 5.96. The Morgan fingerprint density at radius 3 is 2.76 bits per heavy atom. The number of fused-ring (bicyclic) bond motifs is 1. The van der Waals surface area contributed by atoms with E-state index in [2.05, 4.69) is 10.3 Å². The molecule has 1 aromatic heterocycles. The average molecular weight is 389 g/mol. The Balaban J connectivity index is 1.59. The predicted molar refractivity (Wildman–Crippen MR) is 113 cm³/mol. The molecule has 1 aliphatic heterocycles. The Morgan fingerprint density at radius 2 is 1.93 bits per heavy atom. The van der Waals surface area contributed by atoms with Crippen LogP contribution in [0.2, 0.25) is 0 Å². The number of benzene rings is 2. The van der Waals surface area contributed by atoms with E-state index in [0.717, 1.165) is 29.4 Å². The van der Waals surface area contributed by atoms with Gasteiger partial charge in [0.15, 0.2) is 0 Å². The highest BCUT2D eigenvalue weighted by atomic mass is 16.2. The van der Waals surface area contributed by atoms with Crippen molar-refractivity contribution in [3.8, 4) is 11.1 Å². The molecule has 29 heavy (non-hydrogen) atoms. The molecule has 0 saturated carbocycles. The summed E-state index contributed by atoms with van der Waals surface area (Å²) in [5.41, 5.74) is 2.38. The Labute approximate surface area is 168 Å². The minimum atomic E-state index is -0.114. The largest absolute Gasteiger partial charge is 0.352 e. The zero-order valence-corrected chi connectivity index (χ0v) is 16.3. The number of aromatic nitrogens is 1. The molecule has 4 rings (SSSR count). The van der Waals surface area contributed by atoms with Crippen LogP contribution < -0.4 is 10.9 Å². The van der Waals surface area contributed by atoms with Crippen molar-refractivity contribution in [3.63, 3.8) is 0 Å². The summed E-state index contributed by atoms with van der Waals surface area (Å²) in [6.07, 6.45) is 3.39. The van der Waals surface area contributed by atoms with Gasteiger partial charge in [-0.15, -0.1) is 0 Å². The Morgan fingerprint density at radius 1 is 1.10 bits per heavy atom. The standard InChI is InChI=1S/C23H23N3O3/c1-15(27)25-20-6-3-11-26(14-20)23(29)19-5-2-4-16(13-19)17-7-8-21-18(12-17)9-10-24-22(21)28/h2,4-5,7-10,12-13,20H,3,6,11,14H2,1H3,(H,24,28)(H,25,27)/t20-/m1/s1. The van der Waals surface area contributed by atoms with Crippen LogP contribution in [0.5, 0.6) is 0 Å². The molecular formula is C23H23N3O3. The second-order valence-electron chi connectivity index (χ2n) is 7.48. The predicted octanol–water partition coefficient (Wildman–Crippen LogP) is 2.94. The van der Waals surface area contributed by atoms with Crippen LogP contribution in [-0.2, 0) is 4.79 Å². The van der Waals surface area contributed by atoms with Gasteiger partial charge in [-0.25, -0.2) is 0 Å². The number of nitrogens with one attached hydrogen (secondary N) is 2. The molecule has 2 heterocycles. The highest BCUT2D eigenvalue weighted by Crippen LogP contribution is 2.25. The number of nitrogens with zero attached hydrogens (tertiary/aromatic N) is 1. The quantitative estimate of drug-likeness (QED) is 0.723. The van der Waals surface area contributed by atoms with Crippen LogP contribution >= 0.6 is 0 Å². The van der Waals surface area contributed by atoms with E-state index in [0.29, 0.717) is 24.0 Å². The Bertz CT molecular complexity index is 1140. The summed E-state index contributed by atoms with van der Waals surface area (Å²) in [7, 11) is 0. The van der Waals surface area contributed by atoms with Crippen LogP contribution in [0.25, 0.3) is 21.9 Å². The zero-order chi connectivity index (χ0) is 20.4. The van der Waals surface area contributed by atoms with Gasteiger partial charge in [0.2, 0.25) is 5.91 Å². The topological polar surface area (TPSA) is 82.3 Å². The molecule has 1 saturated heterocycles. The molecule has 1 atom stereocenters. The molecule has 148 valence electrons. The first-order valence-electron chi connectivity index (χ1n) is 9.79. The van der Waals surface area contributed by atoms with Gasteiger partial charge in [-0.1, -0.05) is 18.2 Å². The number of pyridine rings is 1. The van der Waals surface area contributed by atoms with E-state index in [1.165, 1.54) is 6.92 Å². The minimum Gasteiger partial charge on any atom is -0.352 e. The minimum absolute atomic E-state index is 0.00645. The zero-order valence-electron chi connectivity index (χ0n) is 16.3. The molecule has 2 amide bonds. The van der Waals surface area contributed by atoms with E-state index in [1.807, 2.05) is 47.4 Å². The number of piperidine rings is 1. The fraction of sp³-hybridized carbons (Fsp3) is 0.261. The van der Waals surface area contributed by atoms with E-state index < -0.39 is 0 Å². The number of rotatable bonds is 3. The molecule has 0 unspecified atom stereocenters. The van der Waals surface area contributed by atoms with Crippen LogP contribution in [0.4, 0.5) is 0 Å². The SMILES string of the molecule is CC(=O)N[C@@H]1CCCN(C(=O)c2cccc(-c3ccc4c(=O)[nH]ccc4c3)c2)C1.